The molecule has 1 N–H and O–H groups in total. The smallest absolute Gasteiger partial charge is 0.241 e. The maximum Gasteiger partial charge on any atom is 0.241 e. The van der Waals surface area contributed by atoms with E-state index in [2.05, 4.69) is 4.72 Å². The predicted octanol–water partition coefficient (Wildman–Crippen LogP) is 1.74. The first-order valence-electron chi connectivity index (χ1n) is 8.08. The van der Waals surface area contributed by atoms with Crippen LogP contribution in [0, 0.1) is 0 Å². The molecule has 26 heavy (non-hydrogen) atoms. The normalized spacial score (nSPS) is 14.1. The van der Waals surface area contributed by atoms with Crippen LogP contribution in [0.3, 0.4) is 0 Å². The Morgan fingerprint density at radius 1 is 1.15 bits per heavy atom. The second-order valence-corrected chi connectivity index (χ2v) is 7.75. The van der Waals surface area contributed by atoms with Gasteiger partial charge in [0.1, 0.15) is 0 Å². The third kappa shape index (κ3) is 3.97. The van der Waals surface area contributed by atoms with Crippen LogP contribution in [0.4, 0.5) is 0 Å². The van der Waals surface area contributed by atoms with E-state index >= 15 is 0 Å². The van der Waals surface area contributed by atoms with Crippen LogP contribution in [0.15, 0.2) is 53.4 Å². The van der Waals surface area contributed by atoms with E-state index in [0.717, 1.165) is 5.56 Å². The Morgan fingerprint density at radius 3 is 2.58 bits per heavy atom. The van der Waals surface area contributed by atoms with Crippen molar-refractivity contribution in [2.24, 2.45) is 0 Å². The predicted molar refractivity (Wildman–Crippen MR) is 95.3 cm³/mol. The average molecular weight is 376 g/mol. The minimum atomic E-state index is -3.75. The van der Waals surface area contributed by atoms with E-state index in [0.29, 0.717) is 18.0 Å². The Bertz CT molecular complexity index is 899. The van der Waals surface area contributed by atoms with Crippen molar-refractivity contribution < 1.29 is 22.7 Å². The quantitative estimate of drug-likeness (QED) is 0.830. The van der Waals surface area contributed by atoms with Crippen molar-refractivity contribution in [1.82, 2.24) is 9.62 Å². The van der Waals surface area contributed by atoms with Gasteiger partial charge in [0.15, 0.2) is 11.5 Å². The summed E-state index contributed by atoms with van der Waals surface area (Å²) in [6.07, 6.45) is 0. The molecule has 1 aliphatic heterocycles. The molecule has 0 bridgehead atoms. The van der Waals surface area contributed by atoms with Crippen LogP contribution in [0.25, 0.3) is 0 Å². The molecule has 0 saturated carbocycles. The highest BCUT2D eigenvalue weighted by molar-refractivity contribution is 7.89. The van der Waals surface area contributed by atoms with Crippen molar-refractivity contribution in [3.05, 3.63) is 54.1 Å². The van der Waals surface area contributed by atoms with Gasteiger partial charge in [0.05, 0.1) is 10.9 Å². The molecule has 2 aromatic carbocycles. The molecule has 0 unspecified atom stereocenters. The molecule has 0 radical (unpaired) electrons. The largest absolute Gasteiger partial charge is 0.454 e. The fourth-order valence-corrected chi connectivity index (χ4v) is 3.89. The molecule has 1 atom stereocenters. The minimum absolute atomic E-state index is 0.123. The van der Waals surface area contributed by atoms with Crippen molar-refractivity contribution in [3.63, 3.8) is 0 Å². The number of benzene rings is 2. The maximum absolute atomic E-state index is 12.5. The summed E-state index contributed by atoms with van der Waals surface area (Å²) in [5.41, 5.74) is 0.864. The lowest BCUT2D eigenvalue weighted by atomic mass is 10.2. The Balaban J connectivity index is 1.64. The molecule has 0 aromatic heterocycles. The van der Waals surface area contributed by atoms with Gasteiger partial charge < -0.3 is 14.4 Å². The summed E-state index contributed by atoms with van der Waals surface area (Å²) >= 11 is 0. The number of likely N-dealkylation sites (N-methyl/N-ethyl adjacent to an activating group) is 1. The first kappa shape index (κ1) is 18.2. The highest BCUT2D eigenvalue weighted by atomic mass is 32.2. The molecule has 8 heteroatoms. The molecule has 3 rings (SSSR count). The number of carbonyl (C=O) groups is 1. The second kappa shape index (κ2) is 7.35. The van der Waals surface area contributed by atoms with Gasteiger partial charge in [-0.15, -0.1) is 0 Å². The van der Waals surface area contributed by atoms with Gasteiger partial charge in [0.25, 0.3) is 0 Å². The fraction of sp³-hybridized carbons (Fsp3) is 0.278. The van der Waals surface area contributed by atoms with Gasteiger partial charge in [-0.3, -0.25) is 4.79 Å². The van der Waals surface area contributed by atoms with Gasteiger partial charge in [0, 0.05) is 13.6 Å². The SMILES string of the molecule is C[C@@H](NS(=O)(=O)c1ccccc1)C(=O)N(C)Cc1ccc2c(c1)OCO2. The lowest BCUT2D eigenvalue weighted by Gasteiger charge is -2.22. The van der Waals surface area contributed by atoms with Gasteiger partial charge in [-0.05, 0) is 36.8 Å². The average Bonchev–Trinajstić information content (AvgIpc) is 3.09. The summed E-state index contributed by atoms with van der Waals surface area (Å²) in [5.74, 6) is 0.982. The van der Waals surface area contributed by atoms with Crippen molar-refractivity contribution in [1.29, 1.82) is 0 Å². The summed E-state index contributed by atoms with van der Waals surface area (Å²) in [4.78, 5) is 14.1. The zero-order valence-corrected chi connectivity index (χ0v) is 15.3. The van der Waals surface area contributed by atoms with Gasteiger partial charge in [-0.1, -0.05) is 24.3 Å². The monoisotopic (exact) mass is 376 g/mol. The number of amides is 1. The van der Waals surface area contributed by atoms with Crippen LogP contribution in [-0.4, -0.2) is 39.1 Å². The topological polar surface area (TPSA) is 84.9 Å². The molecule has 0 fully saturated rings. The number of sulfonamides is 1. The second-order valence-electron chi connectivity index (χ2n) is 6.04. The molecule has 7 nitrogen and oxygen atoms in total. The third-order valence-corrected chi connectivity index (χ3v) is 5.55. The first-order chi connectivity index (χ1) is 12.4. The van der Waals surface area contributed by atoms with Crippen molar-refractivity contribution in [3.8, 4) is 11.5 Å². The van der Waals surface area contributed by atoms with Crippen LogP contribution in [0.1, 0.15) is 12.5 Å². The third-order valence-electron chi connectivity index (χ3n) is 3.99. The summed E-state index contributed by atoms with van der Waals surface area (Å²) in [7, 11) is -2.13. The summed E-state index contributed by atoms with van der Waals surface area (Å²) in [6.45, 7) is 2.04. The van der Waals surface area contributed by atoms with E-state index < -0.39 is 16.1 Å². The Morgan fingerprint density at radius 2 is 1.85 bits per heavy atom. The van der Waals surface area contributed by atoms with Crippen molar-refractivity contribution >= 4 is 15.9 Å². The lowest BCUT2D eigenvalue weighted by Crippen LogP contribution is -2.45. The zero-order valence-electron chi connectivity index (χ0n) is 14.5. The van der Waals surface area contributed by atoms with Crippen LogP contribution < -0.4 is 14.2 Å². The number of fused-ring (bicyclic) bond motifs is 1. The van der Waals surface area contributed by atoms with Gasteiger partial charge >= 0.3 is 0 Å². The number of hydrogen-bond donors (Lipinski definition) is 1. The Hall–Kier alpha value is -2.58. The van der Waals surface area contributed by atoms with Gasteiger partial charge in [-0.2, -0.15) is 4.72 Å². The molecule has 0 aliphatic carbocycles. The summed E-state index contributed by atoms with van der Waals surface area (Å²) in [5, 5.41) is 0. The van der Waals surface area contributed by atoms with E-state index in [1.165, 1.54) is 24.0 Å². The van der Waals surface area contributed by atoms with Crippen LogP contribution in [0.5, 0.6) is 11.5 Å². The number of hydrogen-bond acceptors (Lipinski definition) is 5. The van der Waals surface area contributed by atoms with Crippen LogP contribution in [0.2, 0.25) is 0 Å². The van der Waals surface area contributed by atoms with E-state index in [1.54, 1.807) is 31.3 Å². The molecule has 0 saturated heterocycles. The molecule has 2 aromatic rings. The maximum atomic E-state index is 12.5. The minimum Gasteiger partial charge on any atom is -0.454 e. The number of nitrogens with zero attached hydrogens (tertiary/aromatic N) is 1. The van der Waals surface area contributed by atoms with Crippen molar-refractivity contribution in [2.45, 2.75) is 24.4 Å². The molecule has 0 spiro atoms. The molecule has 1 aliphatic rings. The van der Waals surface area contributed by atoms with Gasteiger partial charge in [-0.25, -0.2) is 8.42 Å². The zero-order chi connectivity index (χ0) is 18.7. The molecular weight excluding hydrogens is 356 g/mol. The molecular formula is C18H20N2O5S. The van der Waals surface area contributed by atoms with Gasteiger partial charge in [0.2, 0.25) is 22.7 Å². The fourth-order valence-electron chi connectivity index (χ4n) is 2.67. The molecule has 1 heterocycles. The highest BCUT2D eigenvalue weighted by Gasteiger charge is 2.24. The van der Waals surface area contributed by atoms with Crippen molar-refractivity contribution in [2.75, 3.05) is 13.8 Å². The molecule has 1 amide bonds. The number of ether oxygens (including phenoxy) is 2. The standard InChI is InChI=1S/C18H20N2O5S/c1-13(19-26(22,23)15-6-4-3-5-7-15)18(21)20(2)11-14-8-9-16-17(10-14)25-12-24-16/h3-10,13,19H,11-12H2,1-2H3/t13-/m1/s1. The van der Waals surface area contributed by atoms with Crippen LogP contribution >= 0.6 is 0 Å². The van der Waals surface area contributed by atoms with Crippen LogP contribution in [-0.2, 0) is 21.4 Å². The van der Waals surface area contributed by atoms with E-state index in [9.17, 15) is 13.2 Å². The highest BCUT2D eigenvalue weighted by Crippen LogP contribution is 2.32. The Labute approximate surface area is 152 Å². The number of nitrogens with one attached hydrogen (secondary N) is 1. The lowest BCUT2D eigenvalue weighted by molar-refractivity contribution is -0.131. The van der Waals surface area contributed by atoms with E-state index in [4.69, 9.17) is 9.47 Å². The van der Waals surface area contributed by atoms with E-state index in [1.807, 2.05) is 12.1 Å². The number of rotatable bonds is 6. The Kier molecular flexibility index (Phi) is 5.15. The summed E-state index contributed by atoms with van der Waals surface area (Å²) in [6, 6.07) is 12.5. The first-order valence-corrected chi connectivity index (χ1v) is 9.56. The molecule has 138 valence electrons. The van der Waals surface area contributed by atoms with E-state index in [-0.39, 0.29) is 17.6 Å². The number of carbonyl (C=O) groups excluding carboxylic acids is 1. The summed E-state index contributed by atoms with van der Waals surface area (Å²) < 4.78 is 37.7.